The molecule has 1 rings (SSSR count). The van der Waals surface area contributed by atoms with Gasteiger partial charge < -0.3 is 4.74 Å². The van der Waals surface area contributed by atoms with E-state index in [0.717, 1.165) is 13.0 Å². The van der Waals surface area contributed by atoms with Crippen molar-refractivity contribution in [1.29, 1.82) is 0 Å². The van der Waals surface area contributed by atoms with Crippen molar-refractivity contribution in [3.63, 3.8) is 0 Å². The van der Waals surface area contributed by atoms with Crippen LogP contribution in [-0.4, -0.2) is 12.7 Å². The van der Waals surface area contributed by atoms with E-state index in [9.17, 15) is 0 Å². The highest BCUT2D eigenvalue weighted by atomic mass is 16.5. The van der Waals surface area contributed by atoms with Crippen LogP contribution in [0.5, 0.6) is 0 Å². The second-order valence-corrected chi connectivity index (χ2v) is 3.29. The molecule has 11 heavy (non-hydrogen) atoms. The molecule has 0 radical (unpaired) electrons. The van der Waals surface area contributed by atoms with Crippen molar-refractivity contribution in [1.82, 2.24) is 0 Å². The molecule has 1 atom stereocenters. The summed E-state index contributed by atoms with van der Waals surface area (Å²) in [6, 6.07) is 0. The summed E-state index contributed by atoms with van der Waals surface area (Å²) in [5.74, 6) is 0. The highest BCUT2D eigenvalue weighted by molar-refractivity contribution is 5.12. The van der Waals surface area contributed by atoms with Crippen LogP contribution in [0, 0.1) is 0 Å². The van der Waals surface area contributed by atoms with Crippen LogP contribution in [0.25, 0.3) is 0 Å². The maximum Gasteiger partial charge on any atom is 0.0821 e. The maximum atomic E-state index is 5.48. The van der Waals surface area contributed by atoms with Gasteiger partial charge in [0, 0.05) is 0 Å². The second-order valence-electron chi connectivity index (χ2n) is 3.29. The number of ether oxygens (including phenoxy) is 1. The first-order valence-electron chi connectivity index (χ1n) is 4.12. The van der Waals surface area contributed by atoms with E-state index in [0.29, 0.717) is 6.10 Å². The van der Waals surface area contributed by atoms with Gasteiger partial charge in [0.25, 0.3) is 0 Å². The van der Waals surface area contributed by atoms with Gasteiger partial charge in [-0.05, 0) is 32.8 Å². The topological polar surface area (TPSA) is 9.23 Å². The van der Waals surface area contributed by atoms with E-state index in [4.69, 9.17) is 4.74 Å². The van der Waals surface area contributed by atoms with Crippen molar-refractivity contribution in [2.75, 3.05) is 6.61 Å². The van der Waals surface area contributed by atoms with Crippen molar-refractivity contribution in [3.05, 3.63) is 23.3 Å². The first kappa shape index (κ1) is 8.54. The lowest BCUT2D eigenvalue weighted by Gasteiger charge is -2.08. The van der Waals surface area contributed by atoms with Crippen molar-refractivity contribution >= 4 is 0 Å². The predicted octanol–water partition coefficient (Wildman–Crippen LogP) is 2.69. The molecule has 0 N–H and O–H groups in total. The van der Waals surface area contributed by atoms with E-state index in [-0.39, 0.29) is 0 Å². The van der Waals surface area contributed by atoms with Crippen molar-refractivity contribution in [3.8, 4) is 0 Å². The molecule has 0 saturated heterocycles. The molecule has 1 aliphatic heterocycles. The van der Waals surface area contributed by atoms with Crippen LogP contribution in [-0.2, 0) is 4.74 Å². The van der Waals surface area contributed by atoms with Crippen LogP contribution in [0.2, 0.25) is 0 Å². The van der Waals surface area contributed by atoms with Gasteiger partial charge in [-0.25, -0.2) is 0 Å². The van der Waals surface area contributed by atoms with E-state index in [1.807, 2.05) is 0 Å². The van der Waals surface area contributed by atoms with E-state index >= 15 is 0 Å². The van der Waals surface area contributed by atoms with E-state index < -0.39 is 0 Å². The van der Waals surface area contributed by atoms with Crippen LogP contribution in [0.15, 0.2) is 23.3 Å². The number of rotatable bonds is 2. The summed E-state index contributed by atoms with van der Waals surface area (Å²) in [4.78, 5) is 0. The lowest BCUT2D eigenvalue weighted by Crippen LogP contribution is -2.06. The van der Waals surface area contributed by atoms with Gasteiger partial charge in [0.15, 0.2) is 0 Å². The normalized spacial score (nSPS) is 23.2. The molecule has 0 unspecified atom stereocenters. The molecule has 1 nitrogen and oxygen atoms in total. The summed E-state index contributed by atoms with van der Waals surface area (Å²) < 4.78 is 5.48. The molecule has 0 aliphatic carbocycles. The molecule has 0 saturated carbocycles. The van der Waals surface area contributed by atoms with Gasteiger partial charge in [-0.3, -0.25) is 0 Å². The second kappa shape index (κ2) is 3.72. The molecular weight excluding hydrogens is 136 g/mol. The fraction of sp³-hybridized carbons (Fsp3) is 0.600. The third-order valence-corrected chi connectivity index (χ3v) is 1.95. The highest BCUT2D eigenvalue weighted by Gasteiger charge is 2.13. The van der Waals surface area contributed by atoms with Gasteiger partial charge in [-0.15, -0.1) is 0 Å². The minimum atomic E-state index is 0.352. The fourth-order valence-electron chi connectivity index (χ4n) is 1.16. The summed E-state index contributed by atoms with van der Waals surface area (Å²) in [7, 11) is 0. The predicted molar refractivity (Wildman–Crippen MR) is 47.5 cm³/mol. The van der Waals surface area contributed by atoms with Crippen LogP contribution in [0.1, 0.15) is 27.2 Å². The Kier molecular flexibility index (Phi) is 2.89. The van der Waals surface area contributed by atoms with E-state index in [1.54, 1.807) is 0 Å². The molecule has 62 valence electrons. The highest BCUT2D eigenvalue weighted by Crippen LogP contribution is 2.17. The standard InChI is InChI=1S/C10H16O/c1-8(2)4-5-10-9(3)6-7-11-10/h4,6,10H,5,7H2,1-3H3/t10-/m0/s1. The molecule has 0 spiro atoms. The molecule has 0 aromatic heterocycles. The Morgan fingerprint density at radius 3 is 2.91 bits per heavy atom. The third-order valence-electron chi connectivity index (χ3n) is 1.95. The maximum absolute atomic E-state index is 5.48. The van der Waals surface area contributed by atoms with Gasteiger partial charge in [0.2, 0.25) is 0 Å². The first-order valence-corrected chi connectivity index (χ1v) is 4.12. The summed E-state index contributed by atoms with van der Waals surface area (Å²) >= 11 is 0. The van der Waals surface area contributed by atoms with Crippen LogP contribution in [0.3, 0.4) is 0 Å². The molecule has 0 aromatic carbocycles. The zero-order chi connectivity index (χ0) is 8.27. The van der Waals surface area contributed by atoms with Gasteiger partial charge in [0.05, 0.1) is 12.7 Å². The average molecular weight is 152 g/mol. The Hall–Kier alpha value is -0.560. The van der Waals surface area contributed by atoms with Crippen molar-refractivity contribution in [2.45, 2.75) is 33.3 Å². The van der Waals surface area contributed by atoms with Crippen molar-refractivity contribution in [2.24, 2.45) is 0 Å². The Bertz CT molecular complexity index is 185. The third kappa shape index (κ3) is 2.51. The lowest BCUT2D eigenvalue weighted by atomic mass is 10.1. The van der Waals surface area contributed by atoms with Gasteiger partial charge >= 0.3 is 0 Å². The largest absolute Gasteiger partial charge is 0.369 e. The SMILES string of the molecule is CC(C)=CC[C@@H]1OCC=C1C. The molecule has 0 bridgehead atoms. The molecule has 1 aliphatic rings. The Morgan fingerprint density at radius 2 is 2.45 bits per heavy atom. The average Bonchev–Trinajstić information content (AvgIpc) is 2.31. The molecule has 1 heteroatoms. The van der Waals surface area contributed by atoms with E-state index in [1.165, 1.54) is 11.1 Å². The quantitative estimate of drug-likeness (QED) is 0.553. The Balaban J connectivity index is 2.39. The van der Waals surface area contributed by atoms with Gasteiger partial charge in [0.1, 0.15) is 0 Å². The minimum Gasteiger partial charge on any atom is -0.369 e. The summed E-state index contributed by atoms with van der Waals surface area (Å²) in [5, 5.41) is 0. The summed E-state index contributed by atoms with van der Waals surface area (Å²) in [5.41, 5.74) is 2.75. The van der Waals surface area contributed by atoms with Gasteiger partial charge in [-0.1, -0.05) is 17.7 Å². The lowest BCUT2D eigenvalue weighted by molar-refractivity contribution is 0.124. The van der Waals surface area contributed by atoms with E-state index in [2.05, 4.69) is 32.9 Å². The summed E-state index contributed by atoms with van der Waals surface area (Å²) in [6.45, 7) is 7.17. The molecule has 0 amide bonds. The van der Waals surface area contributed by atoms with Crippen LogP contribution < -0.4 is 0 Å². The number of hydrogen-bond acceptors (Lipinski definition) is 1. The first-order chi connectivity index (χ1) is 5.20. The van der Waals surface area contributed by atoms with Crippen LogP contribution >= 0.6 is 0 Å². The fourth-order valence-corrected chi connectivity index (χ4v) is 1.16. The smallest absolute Gasteiger partial charge is 0.0821 e. The number of hydrogen-bond donors (Lipinski definition) is 0. The molecular formula is C10H16O. The minimum absolute atomic E-state index is 0.352. The molecule has 0 aromatic rings. The number of allylic oxidation sites excluding steroid dienone is 1. The van der Waals surface area contributed by atoms with Crippen LogP contribution in [0.4, 0.5) is 0 Å². The summed E-state index contributed by atoms with van der Waals surface area (Å²) in [6.07, 6.45) is 5.77. The van der Waals surface area contributed by atoms with Crippen molar-refractivity contribution < 1.29 is 4.74 Å². The monoisotopic (exact) mass is 152 g/mol. The van der Waals surface area contributed by atoms with Gasteiger partial charge in [-0.2, -0.15) is 0 Å². The molecule has 1 heterocycles. The Labute approximate surface area is 68.8 Å². The molecule has 0 fully saturated rings. The Morgan fingerprint density at radius 1 is 1.73 bits per heavy atom. The zero-order valence-corrected chi connectivity index (χ0v) is 7.55. The zero-order valence-electron chi connectivity index (χ0n) is 7.55.